The van der Waals surface area contributed by atoms with Crippen LogP contribution in [0.15, 0.2) is 17.1 Å². The van der Waals surface area contributed by atoms with E-state index in [1.54, 1.807) is 11.8 Å². The molecule has 2 N–H and O–H groups in total. The van der Waals surface area contributed by atoms with E-state index in [2.05, 4.69) is 11.7 Å². The van der Waals surface area contributed by atoms with Gasteiger partial charge in [-0.1, -0.05) is 38.3 Å². The lowest BCUT2D eigenvalue weighted by Crippen LogP contribution is -2.19. The highest BCUT2D eigenvalue weighted by Gasteiger charge is 2.44. The zero-order chi connectivity index (χ0) is 18.9. The molecule has 0 radical (unpaired) electrons. The largest absolute Gasteiger partial charge is 0.469 e. The number of hydrogen-bond donors (Lipinski definition) is 2. The van der Waals surface area contributed by atoms with Crippen molar-refractivity contribution in [1.29, 1.82) is 0 Å². The standard InChI is InChI=1S/C20H33NO4S/c1-3-4-5-7-14(22)9-10-15-16-12-19(21-17(16)13-18(15)23)26-11-6-8-20(24)25-2/h9-10,14-18,22-23H,3-8,11-13H2,1-2H3/b10-9+/t14-,15-,16-,17+,18-/m0/s1. The van der Waals surface area contributed by atoms with Crippen LogP contribution in [-0.4, -0.2) is 52.3 Å². The molecule has 5 nitrogen and oxygen atoms in total. The van der Waals surface area contributed by atoms with Crippen molar-refractivity contribution in [3.05, 3.63) is 12.2 Å². The Kier molecular flexibility index (Phi) is 9.16. The Hall–Kier alpha value is -0.850. The van der Waals surface area contributed by atoms with E-state index in [0.717, 1.165) is 49.3 Å². The van der Waals surface area contributed by atoms with Crippen molar-refractivity contribution in [2.45, 2.75) is 76.5 Å². The van der Waals surface area contributed by atoms with Crippen LogP contribution in [0.4, 0.5) is 0 Å². The fourth-order valence-electron chi connectivity index (χ4n) is 3.81. The van der Waals surface area contributed by atoms with E-state index in [1.165, 1.54) is 7.11 Å². The molecule has 1 aliphatic carbocycles. The first-order valence-corrected chi connectivity index (χ1v) is 10.8. The molecular formula is C20H33NO4S. The van der Waals surface area contributed by atoms with Gasteiger partial charge in [0.1, 0.15) is 0 Å². The van der Waals surface area contributed by atoms with Gasteiger partial charge in [-0.3, -0.25) is 9.79 Å². The molecule has 1 aliphatic heterocycles. The van der Waals surface area contributed by atoms with Crippen LogP contribution in [0.1, 0.15) is 58.3 Å². The molecule has 0 bridgehead atoms. The third-order valence-electron chi connectivity index (χ3n) is 5.32. The average molecular weight is 384 g/mol. The number of ether oxygens (including phenoxy) is 1. The van der Waals surface area contributed by atoms with Crippen LogP contribution in [0, 0.1) is 11.8 Å². The Morgan fingerprint density at radius 1 is 1.42 bits per heavy atom. The Bertz CT molecular complexity index is 508. The lowest BCUT2D eigenvalue weighted by Gasteiger charge is -2.17. The molecule has 0 unspecified atom stereocenters. The summed E-state index contributed by atoms with van der Waals surface area (Å²) in [7, 11) is 1.41. The normalized spacial score (nSPS) is 29.0. The number of thioether (sulfide) groups is 1. The Labute approximate surface area is 161 Å². The molecule has 0 amide bonds. The van der Waals surface area contributed by atoms with Crippen molar-refractivity contribution in [3.63, 3.8) is 0 Å². The van der Waals surface area contributed by atoms with E-state index in [-0.39, 0.29) is 24.0 Å². The van der Waals surface area contributed by atoms with Gasteiger partial charge in [-0.25, -0.2) is 0 Å². The van der Waals surface area contributed by atoms with Crippen LogP contribution < -0.4 is 0 Å². The van der Waals surface area contributed by atoms with E-state index >= 15 is 0 Å². The van der Waals surface area contributed by atoms with Gasteiger partial charge >= 0.3 is 5.97 Å². The molecule has 0 spiro atoms. The van der Waals surface area contributed by atoms with Crippen LogP contribution in [0.2, 0.25) is 0 Å². The fourth-order valence-corrected chi connectivity index (χ4v) is 4.86. The minimum atomic E-state index is -0.415. The molecule has 2 rings (SSSR count). The second-order valence-corrected chi connectivity index (χ2v) is 8.48. The van der Waals surface area contributed by atoms with Crippen LogP contribution >= 0.6 is 11.8 Å². The summed E-state index contributed by atoms with van der Waals surface area (Å²) in [6, 6.07) is 0.194. The number of methoxy groups -OCH3 is 1. The number of unbranched alkanes of at least 4 members (excludes halogenated alkanes) is 2. The maximum atomic E-state index is 11.1. The Balaban J connectivity index is 1.76. The summed E-state index contributed by atoms with van der Waals surface area (Å²) in [5.41, 5.74) is 0. The van der Waals surface area contributed by atoms with Gasteiger partial charge in [0.25, 0.3) is 0 Å². The van der Waals surface area contributed by atoms with E-state index in [4.69, 9.17) is 4.99 Å². The topological polar surface area (TPSA) is 79.1 Å². The summed E-state index contributed by atoms with van der Waals surface area (Å²) in [5, 5.41) is 21.6. The quantitative estimate of drug-likeness (QED) is 0.344. The van der Waals surface area contributed by atoms with Crippen molar-refractivity contribution in [2.24, 2.45) is 16.8 Å². The van der Waals surface area contributed by atoms with Gasteiger partial charge < -0.3 is 14.9 Å². The van der Waals surface area contributed by atoms with Crippen LogP contribution in [0.25, 0.3) is 0 Å². The second kappa shape index (κ2) is 11.1. The van der Waals surface area contributed by atoms with Crippen molar-refractivity contribution in [1.82, 2.24) is 0 Å². The molecule has 1 heterocycles. The first kappa shape index (κ1) is 21.5. The summed E-state index contributed by atoms with van der Waals surface area (Å²) in [6.45, 7) is 2.16. The molecule has 0 saturated heterocycles. The Morgan fingerprint density at radius 3 is 2.96 bits per heavy atom. The second-order valence-electron chi connectivity index (χ2n) is 7.31. The molecule has 1 saturated carbocycles. The molecule has 5 atom stereocenters. The van der Waals surface area contributed by atoms with E-state index < -0.39 is 6.10 Å². The first-order chi connectivity index (χ1) is 12.5. The van der Waals surface area contributed by atoms with Gasteiger partial charge in [-0.15, -0.1) is 11.8 Å². The third kappa shape index (κ3) is 6.39. The van der Waals surface area contributed by atoms with Crippen molar-refractivity contribution in [3.8, 4) is 0 Å². The van der Waals surface area contributed by atoms with Gasteiger partial charge in [0.05, 0.1) is 30.4 Å². The number of nitrogens with zero attached hydrogens (tertiary/aromatic N) is 1. The molecule has 1 fully saturated rings. The van der Waals surface area contributed by atoms with Crippen LogP contribution in [0.5, 0.6) is 0 Å². The number of aliphatic hydroxyl groups is 2. The molecule has 6 heteroatoms. The summed E-state index contributed by atoms with van der Waals surface area (Å²) in [4.78, 5) is 15.9. The zero-order valence-corrected chi connectivity index (χ0v) is 16.8. The monoisotopic (exact) mass is 383 g/mol. The summed E-state index contributed by atoms with van der Waals surface area (Å²) in [6.07, 6.45) is 10.1. The lowest BCUT2D eigenvalue weighted by molar-refractivity contribution is -0.140. The van der Waals surface area contributed by atoms with E-state index in [1.807, 2.05) is 12.2 Å². The fraction of sp³-hybridized carbons (Fsp3) is 0.800. The number of esters is 1. The minimum absolute atomic E-state index is 0.0812. The highest BCUT2D eigenvalue weighted by molar-refractivity contribution is 8.13. The molecule has 2 aliphatic rings. The number of carbonyl (C=O) groups excluding carboxylic acids is 1. The zero-order valence-electron chi connectivity index (χ0n) is 16.0. The number of aliphatic hydroxyl groups excluding tert-OH is 2. The number of carbonyl (C=O) groups is 1. The molecule has 148 valence electrons. The summed E-state index contributed by atoms with van der Waals surface area (Å²) in [5.74, 6) is 1.12. The average Bonchev–Trinajstić information content (AvgIpc) is 3.13. The minimum Gasteiger partial charge on any atom is -0.469 e. The van der Waals surface area contributed by atoms with Gasteiger partial charge in [0.2, 0.25) is 0 Å². The third-order valence-corrected chi connectivity index (χ3v) is 6.41. The van der Waals surface area contributed by atoms with E-state index in [9.17, 15) is 15.0 Å². The maximum absolute atomic E-state index is 11.1. The van der Waals surface area contributed by atoms with E-state index in [0.29, 0.717) is 18.8 Å². The molecule has 26 heavy (non-hydrogen) atoms. The predicted octanol–water partition coefficient (Wildman–Crippen LogP) is 3.34. The SMILES string of the molecule is CCCCC[C@H](O)/C=C/[C@H]1[C@@H]2CC(SCCCC(=O)OC)=N[C@@H]2C[C@@H]1O. The number of rotatable bonds is 10. The van der Waals surface area contributed by atoms with Crippen molar-refractivity contribution < 1.29 is 19.7 Å². The van der Waals surface area contributed by atoms with Crippen LogP contribution in [-0.2, 0) is 9.53 Å². The summed E-state index contributed by atoms with van der Waals surface area (Å²) < 4.78 is 4.65. The van der Waals surface area contributed by atoms with Gasteiger partial charge in [0.15, 0.2) is 0 Å². The molecular weight excluding hydrogens is 350 g/mol. The number of hydrogen-bond acceptors (Lipinski definition) is 6. The Morgan fingerprint density at radius 2 is 2.23 bits per heavy atom. The molecule has 0 aromatic rings. The van der Waals surface area contributed by atoms with Gasteiger partial charge in [-0.05, 0) is 30.9 Å². The predicted molar refractivity (Wildman–Crippen MR) is 106 cm³/mol. The molecule has 0 aromatic carbocycles. The van der Waals surface area contributed by atoms with Crippen LogP contribution in [0.3, 0.4) is 0 Å². The number of fused-ring (bicyclic) bond motifs is 1. The highest BCUT2D eigenvalue weighted by atomic mass is 32.2. The lowest BCUT2D eigenvalue weighted by atomic mass is 9.91. The van der Waals surface area contributed by atoms with Crippen molar-refractivity contribution >= 4 is 22.8 Å². The summed E-state index contributed by atoms with van der Waals surface area (Å²) >= 11 is 1.72. The van der Waals surface area contributed by atoms with Crippen molar-refractivity contribution in [2.75, 3.05) is 12.9 Å². The van der Waals surface area contributed by atoms with Gasteiger partial charge in [0, 0.05) is 18.8 Å². The molecule has 0 aromatic heterocycles. The van der Waals surface area contributed by atoms with Gasteiger partial charge in [-0.2, -0.15) is 0 Å². The number of aliphatic imine (C=N–C) groups is 1. The smallest absolute Gasteiger partial charge is 0.305 e. The highest BCUT2D eigenvalue weighted by Crippen LogP contribution is 2.43. The maximum Gasteiger partial charge on any atom is 0.305 e. The first-order valence-electron chi connectivity index (χ1n) is 9.85.